The summed E-state index contributed by atoms with van der Waals surface area (Å²) in [4.78, 5) is 25.5. The number of carbonyl (C=O) groups excluding carboxylic acids is 2. The average molecular weight is 328 g/mol. The Morgan fingerprint density at radius 1 is 1.13 bits per heavy atom. The van der Waals surface area contributed by atoms with E-state index >= 15 is 0 Å². The first-order valence-corrected chi connectivity index (χ1v) is 8.63. The number of nitrogens with one attached hydrogen (secondary N) is 2. The van der Waals surface area contributed by atoms with Crippen LogP contribution in [0.5, 0.6) is 0 Å². The zero-order valence-corrected chi connectivity index (χ0v) is 14.1. The molecule has 1 aromatic carbocycles. The molecule has 4 nitrogen and oxygen atoms in total. The van der Waals surface area contributed by atoms with E-state index in [-0.39, 0.29) is 11.8 Å². The minimum absolute atomic E-state index is 0.0654. The van der Waals surface area contributed by atoms with E-state index in [1.165, 1.54) is 23.8 Å². The summed E-state index contributed by atoms with van der Waals surface area (Å²) in [6, 6.07) is 9.17. The summed E-state index contributed by atoms with van der Waals surface area (Å²) in [5.74, 6) is 0.527. The first-order chi connectivity index (χ1) is 11.0. The molecule has 0 saturated carbocycles. The Morgan fingerprint density at radius 3 is 2.43 bits per heavy atom. The predicted molar refractivity (Wildman–Crippen MR) is 94.2 cm³/mol. The van der Waals surface area contributed by atoms with E-state index in [0.717, 1.165) is 29.1 Å². The molecule has 0 saturated heterocycles. The van der Waals surface area contributed by atoms with Crippen molar-refractivity contribution in [2.24, 2.45) is 5.92 Å². The lowest BCUT2D eigenvalue weighted by molar-refractivity contribution is -0.114. The van der Waals surface area contributed by atoms with E-state index < -0.39 is 0 Å². The normalized spacial score (nSPS) is 16.5. The Labute approximate surface area is 139 Å². The Morgan fingerprint density at radius 2 is 1.78 bits per heavy atom. The van der Waals surface area contributed by atoms with Crippen molar-refractivity contribution in [1.82, 2.24) is 0 Å². The number of carbonyl (C=O) groups is 2. The maximum atomic E-state index is 12.4. The van der Waals surface area contributed by atoms with E-state index in [9.17, 15) is 9.59 Å². The van der Waals surface area contributed by atoms with Crippen LogP contribution in [0.25, 0.3) is 0 Å². The number of fused-ring (bicyclic) bond motifs is 1. The highest BCUT2D eigenvalue weighted by Gasteiger charge is 2.20. The molecule has 0 radical (unpaired) electrons. The van der Waals surface area contributed by atoms with Gasteiger partial charge in [-0.1, -0.05) is 6.92 Å². The van der Waals surface area contributed by atoms with Gasteiger partial charge in [0.1, 0.15) is 0 Å². The van der Waals surface area contributed by atoms with Crippen LogP contribution in [-0.4, -0.2) is 11.8 Å². The van der Waals surface area contributed by atoms with Gasteiger partial charge < -0.3 is 10.6 Å². The molecule has 5 heteroatoms. The zero-order valence-electron chi connectivity index (χ0n) is 13.3. The molecule has 2 amide bonds. The van der Waals surface area contributed by atoms with Gasteiger partial charge in [0.2, 0.25) is 5.91 Å². The molecule has 2 aromatic rings. The number of anilines is 2. The van der Waals surface area contributed by atoms with Gasteiger partial charge in [0.15, 0.2) is 0 Å². The quantitative estimate of drug-likeness (QED) is 0.892. The Hall–Kier alpha value is -2.14. The van der Waals surface area contributed by atoms with Gasteiger partial charge in [-0.2, -0.15) is 0 Å². The van der Waals surface area contributed by atoms with Gasteiger partial charge in [-0.3, -0.25) is 9.59 Å². The summed E-state index contributed by atoms with van der Waals surface area (Å²) in [5.41, 5.74) is 2.78. The average Bonchev–Trinajstić information content (AvgIpc) is 2.92. The Bertz CT molecular complexity index is 734. The molecule has 23 heavy (non-hydrogen) atoms. The molecule has 120 valence electrons. The fourth-order valence-corrected chi connectivity index (χ4v) is 3.95. The second kappa shape index (κ2) is 6.54. The van der Waals surface area contributed by atoms with Gasteiger partial charge in [-0.05, 0) is 61.1 Å². The second-order valence-corrected chi connectivity index (χ2v) is 7.26. The summed E-state index contributed by atoms with van der Waals surface area (Å²) in [6.07, 6.45) is 3.36. The lowest BCUT2D eigenvalue weighted by Crippen LogP contribution is -2.10. The first kappa shape index (κ1) is 15.7. The van der Waals surface area contributed by atoms with Crippen LogP contribution in [0.15, 0.2) is 30.3 Å². The van der Waals surface area contributed by atoms with Crippen LogP contribution in [0, 0.1) is 5.92 Å². The number of benzene rings is 1. The third-order valence-electron chi connectivity index (χ3n) is 4.02. The minimum atomic E-state index is -0.111. The number of aryl methyl sites for hydroxylation is 1. The van der Waals surface area contributed by atoms with Crippen LogP contribution in [0.3, 0.4) is 0 Å². The van der Waals surface area contributed by atoms with Gasteiger partial charge in [0.05, 0.1) is 4.88 Å². The Kier molecular flexibility index (Phi) is 4.48. The fourth-order valence-electron chi connectivity index (χ4n) is 2.85. The summed E-state index contributed by atoms with van der Waals surface area (Å²) in [5, 5.41) is 5.62. The second-order valence-electron chi connectivity index (χ2n) is 6.12. The molecule has 0 spiro atoms. The highest BCUT2D eigenvalue weighted by atomic mass is 32.1. The molecule has 1 heterocycles. The molecule has 0 fully saturated rings. The number of thiophene rings is 1. The van der Waals surface area contributed by atoms with E-state index in [1.54, 1.807) is 35.6 Å². The smallest absolute Gasteiger partial charge is 0.265 e. The van der Waals surface area contributed by atoms with Crippen molar-refractivity contribution in [2.45, 2.75) is 33.1 Å². The predicted octanol–water partition coefficient (Wildman–Crippen LogP) is 4.08. The van der Waals surface area contributed by atoms with Crippen molar-refractivity contribution < 1.29 is 9.59 Å². The molecule has 0 aliphatic heterocycles. The highest BCUT2D eigenvalue weighted by Crippen LogP contribution is 2.32. The van der Waals surface area contributed by atoms with Gasteiger partial charge in [0.25, 0.3) is 5.91 Å². The molecule has 1 aliphatic rings. The third kappa shape index (κ3) is 3.79. The number of rotatable bonds is 3. The summed E-state index contributed by atoms with van der Waals surface area (Å²) < 4.78 is 0. The van der Waals surface area contributed by atoms with Crippen LogP contribution < -0.4 is 10.6 Å². The van der Waals surface area contributed by atoms with Crippen LogP contribution in [0.4, 0.5) is 11.4 Å². The lowest BCUT2D eigenvalue weighted by atomic mass is 9.90. The summed E-state index contributed by atoms with van der Waals surface area (Å²) in [7, 11) is 0. The fraction of sp³-hybridized carbons (Fsp3) is 0.333. The standard InChI is InChI=1S/C18H20N2O2S/c1-11-3-8-16-13(9-11)10-17(23-16)18(22)20-15-6-4-14(5-7-15)19-12(2)21/h4-7,10-11H,3,8-9H2,1-2H3,(H,19,21)(H,20,22)/t11-/m0/s1. The molecule has 0 bridgehead atoms. The third-order valence-corrected chi connectivity index (χ3v) is 5.25. The number of hydrogen-bond acceptors (Lipinski definition) is 3. The van der Waals surface area contributed by atoms with E-state index in [4.69, 9.17) is 0 Å². The highest BCUT2D eigenvalue weighted by molar-refractivity contribution is 7.14. The number of amides is 2. The molecule has 1 aliphatic carbocycles. The first-order valence-electron chi connectivity index (χ1n) is 7.82. The molecule has 2 N–H and O–H groups in total. The van der Waals surface area contributed by atoms with Crippen molar-refractivity contribution >= 4 is 34.5 Å². The molecule has 0 unspecified atom stereocenters. The molecule has 3 rings (SSSR count). The minimum Gasteiger partial charge on any atom is -0.326 e. The van der Waals surface area contributed by atoms with E-state index in [2.05, 4.69) is 17.6 Å². The summed E-state index contributed by atoms with van der Waals surface area (Å²) in [6.45, 7) is 3.73. The summed E-state index contributed by atoms with van der Waals surface area (Å²) >= 11 is 1.61. The molecular weight excluding hydrogens is 308 g/mol. The van der Waals surface area contributed by atoms with Gasteiger partial charge >= 0.3 is 0 Å². The number of hydrogen-bond donors (Lipinski definition) is 2. The van der Waals surface area contributed by atoms with Crippen LogP contribution in [0.1, 0.15) is 40.4 Å². The van der Waals surface area contributed by atoms with Crippen molar-refractivity contribution in [1.29, 1.82) is 0 Å². The Balaban J connectivity index is 1.68. The largest absolute Gasteiger partial charge is 0.326 e. The van der Waals surface area contributed by atoms with Crippen LogP contribution in [0.2, 0.25) is 0 Å². The van der Waals surface area contributed by atoms with Crippen LogP contribution >= 0.6 is 11.3 Å². The van der Waals surface area contributed by atoms with Gasteiger partial charge in [-0.25, -0.2) is 0 Å². The maximum Gasteiger partial charge on any atom is 0.265 e. The van der Waals surface area contributed by atoms with Crippen molar-refractivity contribution in [3.63, 3.8) is 0 Å². The van der Waals surface area contributed by atoms with Crippen molar-refractivity contribution in [3.05, 3.63) is 45.6 Å². The van der Waals surface area contributed by atoms with E-state index in [0.29, 0.717) is 5.92 Å². The van der Waals surface area contributed by atoms with Gasteiger partial charge in [0, 0.05) is 23.2 Å². The molecule has 1 atom stereocenters. The van der Waals surface area contributed by atoms with Crippen LogP contribution in [-0.2, 0) is 17.6 Å². The van der Waals surface area contributed by atoms with Crippen molar-refractivity contribution in [2.75, 3.05) is 10.6 Å². The maximum absolute atomic E-state index is 12.4. The van der Waals surface area contributed by atoms with Crippen molar-refractivity contribution in [3.8, 4) is 0 Å². The molecule has 1 aromatic heterocycles. The SMILES string of the molecule is CC(=O)Nc1ccc(NC(=O)c2cc3c(s2)CC[C@H](C)C3)cc1. The van der Waals surface area contributed by atoms with Gasteiger partial charge in [-0.15, -0.1) is 11.3 Å². The zero-order chi connectivity index (χ0) is 16.4. The lowest BCUT2D eigenvalue weighted by Gasteiger charge is -2.16. The van der Waals surface area contributed by atoms with E-state index in [1.807, 2.05) is 6.07 Å². The monoisotopic (exact) mass is 328 g/mol. The topological polar surface area (TPSA) is 58.2 Å². The molecular formula is C18H20N2O2S.